The largest absolute Gasteiger partial charge is 0.505 e. The molecule has 0 fully saturated rings. The van der Waals surface area contributed by atoms with Crippen LogP contribution in [0.1, 0.15) is 47.0 Å². The van der Waals surface area contributed by atoms with Crippen LogP contribution in [0.25, 0.3) is 17.4 Å². The molecule has 0 amide bonds. The first-order chi connectivity index (χ1) is 19.2. The van der Waals surface area contributed by atoms with E-state index >= 15 is 0 Å². The molecule has 3 heterocycles. The SMILES string of the molecule is CCOC(=O)C1=C(C)N=c2[nH]c(=Cc3ccc(-c4cccc(C(=O)O)c4)o3)c(O)c2C1c1ccc(N(C)C)cc1. The van der Waals surface area contributed by atoms with Crippen LogP contribution in [0, 0.1) is 0 Å². The zero-order valence-corrected chi connectivity index (χ0v) is 22.6. The lowest BCUT2D eigenvalue weighted by molar-refractivity contribution is -0.138. The van der Waals surface area contributed by atoms with Crippen LogP contribution in [0.4, 0.5) is 5.69 Å². The zero-order valence-electron chi connectivity index (χ0n) is 22.6. The molecule has 0 saturated heterocycles. The van der Waals surface area contributed by atoms with Crippen molar-refractivity contribution in [1.29, 1.82) is 0 Å². The number of carbonyl (C=O) groups is 2. The monoisotopic (exact) mass is 539 g/mol. The van der Waals surface area contributed by atoms with E-state index in [1.54, 1.807) is 44.2 Å². The van der Waals surface area contributed by atoms with Gasteiger partial charge in [0.2, 0.25) is 0 Å². The van der Waals surface area contributed by atoms with E-state index in [2.05, 4.69) is 9.98 Å². The maximum atomic E-state index is 13.1. The van der Waals surface area contributed by atoms with Gasteiger partial charge in [0, 0.05) is 31.4 Å². The number of aromatic amines is 1. The molecule has 0 radical (unpaired) electrons. The third-order valence-electron chi connectivity index (χ3n) is 6.81. The van der Waals surface area contributed by atoms with Crippen LogP contribution >= 0.6 is 0 Å². The molecule has 9 nitrogen and oxygen atoms in total. The smallest absolute Gasteiger partial charge is 0.336 e. The number of ether oxygens (including phenoxy) is 1. The number of allylic oxidation sites excluding steroid dienone is 1. The number of nitrogens with zero attached hydrogens (tertiary/aromatic N) is 2. The van der Waals surface area contributed by atoms with Crippen molar-refractivity contribution < 1.29 is 29.0 Å². The minimum atomic E-state index is -1.03. The van der Waals surface area contributed by atoms with Gasteiger partial charge in [-0.05, 0) is 55.8 Å². The Morgan fingerprint density at radius 1 is 1.12 bits per heavy atom. The van der Waals surface area contributed by atoms with Crippen molar-refractivity contribution in [2.24, 2.45) is 4.99 Å². The van der Waals surface area contributed by atoms with Gasteiger partial charge in [0.1, 0.15) is 22.8 Å². The molecular weight excluding hydrogens is 510 g/mol. The van der Waals surface area contributed by atoms with Crippen LogP contribution < -0.4 is 15.7 Å². The summed E-state index contributed by atoms with van der Waals surface area (Å²) >= 11 is 0. The topological polar surface area (TPSA) is 128 Å². The Morgan fingerprint density at radius 3 is 2.55 bits per heavy atom. The van der Waals surface area contributed by atoms with Crippen molar-refractivity contribution in [3.63, 3.8) is 0 Å². The zero-order chi connectivity index (χ0) is 28.6. The second kappa shape index (κ2) is 10.6. The van der Waals surface area contributed by atoms with Crippen LogP contribution in [-0.2, 0) is 9.53 Å². The Kier molecular flexibility index (Phi) is 7.04. The fraction of sp³-hybridized carbons (Fsp3) is 0.194. The van der Waals surface area contributed by atoms with Gasteiger partial charge in [-0.25, -0.2) is 14.6 Å². The molecule has 1 aliphatic heterocycles. The van der Waals surface area contributed by atoms with Gasteiger partial charge in [-0.15, -0.1) is 0 Å². The number of hydrogen-bond donors (Lipinski definition) is 3. The molecule has 9 heteroatoms. The molecule has 0 bridgehead atoms. The van der Waals surface area contributed by atoms with E-state index in [0.29, 0.717) is 44.8 Å². The van der Waals surface area contributed by atoms with Gasteiger partial charge in [0.25, 0.3) is 0 Å². The van der Waals surface area contributed by atoms with Gasteiger partial charge in [0.05, 0.1) is 40.3 Å². The lowest BCUT2D eigenvalue weighted by Gasteiger charge is -2.24. The average Bonchev–Trinajstić information content (AvgIpc) is 3.52. The molecule has 4 aromatic rings. The summed E-state index contributed by atoms with van der Waals surface area (Å²) < 4.78 is 11.3. The summed E-state index contributed by atoms with van der Waals surface area (Å²) in [5, 5.41) is 21.1. The molecule has 2 aromatic heterocycles. The molecule has 1 atom stereocenters. The number of anilines is 1. The summed E-state index contributed by atoms with van der Waals surface area (Å²) in [5.41, 5.74) is 4.35. The molecule has 204 valence electrons. The number of aromatic nitrogens is 1. The number of H-pyrrole nitrogens is 1. The second-order valence-corrected chi connectivity index (χ2v) is 9.63. The first kappa shape index (κ1) is 26.6. The van der Waals surface area contributed by atoms with Crippen LogP contribution in [0.5, 0.6) is 5.75 Å². The quantitative estimate of drug-likeness (QED) is 0.301. The highest BCUT2D eigenvalue weighted by atomic mass is 16.5. The average molecular weight is 540 g/mol. The van der Waals surface area contributed by atoms with Gasteiger partial charge in [0.15, 0.2) is 0 Å². The van der Waals surface area contributed by atoms with Gasteiger partial charge in [-0.3, -0.25) is 0 Å². The molecular formula is C31H29N3O6. The minimum Gasteiger partial charge on any atom is -0.505 e. The Labute approximate surface area is 230 Å². The molecule has 40 heavy (non-hydrogen) atoms. The number of aromatic carboxylic acids is 1. The number of fused-ring (bicyclic) bond motifs is 1. The molecule has 0 aliphatic carbocycles. The maximum Gasteiger partial charge on any atom is 0.336 e. The molecule has 0 saturated carbocycles. The third kappa shape index (κ3) is 4.89. The van der Waals surface area contributed by atoms with Gasteiger partial charge < -0.3 is 29.3 Å². The summed E-state index contributed by atoms with van der Waals surface area (Å²) in [7, 11) is 3.90. The molecule has 5 rings (SSSR count). The van der Waals surface area contributed by atoms with Crippen LogP contribution in [0.15, 0.2) is 81.3 Å². The minimum absolute atomic E-state index is 0.0550. The first-order valence-electron chi connectivity index (χ1n) is 12.8. The summed E-state index contributed by atoms with van der Waals surface area (Å²) in [5.74, 6) is -1.25. The maximum absolute atomic E-state index is 13.1. The van der Waals surface area contributed by atoms with Crippen LogP contribution in [0.2, 0.25) is 0 Å². The summed E-state index contributed by atoms with van der Waals surface area (Å²) in [6.07, 6.45) is 1.64. The van der Waals surface area contributed by atoms with E-state index in [0.717, 1.165) is 11.3 Å². The number of esters is 1. The van der Waals surface area contributed by atoms with Crippen molar-refractivity contribution in [2.75, 3.05) is 25.6 Å². The van der Waals surface area contributed by atoms with E-state index in [4.69, 9.17) is 9.15 Å². The fourth-order valence-corrected chi connectivity index (χ4v) is 4.86. The Bertz CT molecular complexity index is 1760. The fourth-order valence-electron chi connectivity index (χ4n) is 4.86. The van der Waals surface area contributed by atoms with Crippen molar-refractivity contribution in [2.45, 2.75) is 19.8 Å². The van der Waals surface area contributed by atoms with E-state index in [9.17, 15) is 19.8 Å². The molecule has 3 N–H and O–H groups in total. The number of hydrogen-bond acceptors (Lipinski definition) is 7. The highest BCUT2D eigenvalue weighted by Crippen LogP contribution is 2.39. The van der Waals surface area contributed by atoms with Crippen molar-refractivity contribution >= 4 is 23.7 Å². The number of aromatic hydroxyl groups is 1. The lowest BCUT2D eigenvalue weighted by Crippen LogP contribution is -2.26. The van der Waals surface area contributed by atoms with Gasteiger partial charge in [-0.2, -0.15) is 0 Å². The summed E-state index contributed by atoms with van der Waals surface area (Å²) in [6.45, 7) is 3.71. The number of furan rings is 1. The second-order valence-electron chi connectivity index (χ2n) is 9.63. The van der Waals surface area contributed by atoms with Crippen molar-refractivity contribution in [3.05, 3.63) is 105 Å². The Hall–Kier alpha value is -5.05. The molecule has 1 aliphatic rings. The number of rotatable bonds is 7. The number of nitrogens with one attached hydrogen (secondary N) is 1. The predicted molar refractivity (Wildman–Crippen MR) is 150 cm³/mol. The normalized spacial score (nSPS) is 15.0. The molecule has 0 spiro atoms. The van der Waals surface area contributed by atoms with E-state index in [1.807, 2.05) is 43.3 Å². The van der Waals surface area contributed by atoms with E-state index < -0.39 is 17.9 Å². The van der Waals surface area contributed by atoms with Crippen molar-refractivity contribution in [1.82, 2.24) is 4.98 Å². The Morgan fingerprint density at radius 2 is 1.88 bits per heavy atom. The lowest BCUT2D eigenvalue weighted by atomic mass is 9.83. The summed E-state index contributed by atoms with van der Waals surface area (Å²) in [4.78, 5) is 34.2. The third-order valence-corrected chi connectivity index (χ3v) is 6.81. The number of carboxylic acids is 1. The number of carbonyl (C=O) groups excluding carboxylic acids is 1. The van der Waals surface area contributed by atoms with E-state index in [-0.39, 0.29) is 17.9 Å². The van der Waals surface area contributed by atoms with Crippen molar-refractivity contribution in [3.8, 4) is 17.1 Å². The molecule has 1 unspecified atom stereocenters. The highest BCUT2D eigenvalue weighted by molar-refractivity contribution is 5.93. The molecule has 2 aromatic carbocycles. The Balaban J connectivity index is 1.60. The van der Waals surface area contributed by atoms with E-state index in [1.165, 1.54) is 12.1 Å². The van der Waals surface area contributed by atoms with Gasteiger partial charge >= 0.3 is 11.9 Å². The van der Waals surface area contributed by atoms with Crippen LogP contribution in [-0.4, -0.2) is 47.8 Å². The van der Waals surface area contributed by atoms with Gasteiger partial charge in [-0.1, -0.05) is 24.3 Å². The number of carboxylic acid groups (broad SMARTS) is 1. The first-order valence-corrected chi connectivity index (χ1v) is 12.8. The summed E-state index contributed by atoms with van der Waals surface area (Å²) in [6, 6.07) is 17.7. The standard InChI is InChI=1S/C31H29N3O6/c1-5-39-31(38)25-17(2)32-29-27(26(25)18-9-11-21(12-10-18)34(3)4)28(35)23(33-29)16-22-13-14-24(40-22)19-7-6-8-20(15-19)30(36)37/h6-16,26,35H,5H2,1-4H3,(H,32,33)(H,36,37). The predicted octanol–water partition coefficient (Wildman–Crippen LogP) is 4.18. The number of benzene rings is 2. The highest BCUT2D eigenvalue weighted by Gasteiger charge is 2.35. The van der Waals surface area contributed by atoms with Crippen LogP contribution in [0.3, 0.4) is 0 Å².